The van der Waals surface area contributed by atoms with Crippen molar-refractivity contribution in [3.05, 3.63) is 6.42 Å². The van der Waals surface area contributed by atoms with Crippen LogP contribution < -0.4 is 0 Å². The minimum Gasteiger partial charge on any atom is -0.387 e. The van der Waals surface area contributed by atoms with E-state index in [1.165, 1.54) is 0 Å². The van der Waals surface area contributed by atoms with Crippen molar-refractivity contribution in [2.45, 2.75) is 38.8 Å². The van der Waals surface area contributed by atoms with E-state index >= 15 is 0 Å². The summed E-state index contributed by atoms with van der Waals surface area (Å²) in [6, 6.07) is 0. The van der Waals surface area contributed by atoms with Crippen molar-refractivity contribution in [1.82, 2.24) is 0 Å². The van der Waals surface area contributed by atoms with Crippen LogP contribution in [0.1, 0.15) is 20.3 Å². The Morgan fingerprint density at radius 1 is 1.29 bits per heavy atom. The largest absolute Gasteiger partial charge is 0.387 e. The fourth-order valence-electron chi connectivity index (χ4n) is 1.82. The van der Waals surface area contributed by atoms with E-state index in [0.29, 0.717) is 5.92 Å². The van der Waals surface area contributed by atoms with Gasteiger partial charge in [0.25, 0.3) is 0 Å². The standard InChI is InChI=1S/C10H19O3.Y/c1-5-8-10(12-4)7(2)6-9(11-3)13-8;/h6-10H,5H2,1-4H3;/q-1;/t7-,8?,9+,10+;/m1./s1. The first-order valence-electron chi connectivity index (χ1n) is 4.79. The molecule has 0 saturated carbocycles. The van der Waals surface area contributed by atoms with Gasteiger partial charge in [0.1, 0.15) is 0 Å². The summed E-state index contributed by atoms with van der Waals surface area (Å²) in [5.41, 5.74) is 0. The van der Waals surface area contributed by atoms with Crippen molar-refractivity contribution in [2.24, 2.45) is 5.92 Å². The van der Waals surface area contributed by atoms with E-state index in [1.54, 1.807) is 14.2 Å². The summed E-state index contributed by atoms with van der Waals surface area (Å²) >= 11 is 0. The van der Waals surface area contributed by atoms with Crippen LogP contribution in [-0.4, -0.2) is 32.7 Å². The molecule has 81 valence electrons. The zero-order chi connectivity index (χ0) is 9.84. The molecule has 0 aromatic rings. The predicted molar refractivity (Wildman–Crippen MR) is 50.2 cm³/mol. The van der Waals surface area contributed by atoms with Gasteiger partial charge in [0.2, 0.25) is 0 Å². The van der Waals surface area contributed by atoms with Crippen LogP contribution in [0.4, 0.5) is 0 Å². The van der Waals surface area contributed by atoms with E-state index in [0.717, 1.165) is 6.42 Å². The minimum atomic E-state index is -0.175. The van der Waals surface area contributed by atoms with Crippen molar-refractivity contribution < 1.29 is 46.9 Å². The first-order valence-corrected chi connectivity index (χ1v) is 4.79. The van der Waals surface area contributed by atoms with Crippen LogP contribution in [0.5, 0.6) is 0 Å². The molecule has 1 heterocycles. The molecule has 0 N–H and O–H groups in total. The van der Waals surface area contributed by atoms with E-state index in [2.05, 4.69) is 13.8 Å². The number of methoxy groups -OCH3 is 2. The van der Waals surface area contributed by atoms with Crippen molar-refractivity contribution in [3.8, 4) is 0 Å². The third kappa shape index (κ3) is 3.53. The summed E-state index contributed by atoms with van der Waals surface area (Å²) in [6.45, 7) is 4.23. The maximum Gasteiger partial charge on any atom is 0.0809 e. The fourth-order valence-corrected chi connectivity index (χ4v) is 1.82. The van der Waals surface area contributed by atoms with E-state index < -0.39 is 0 Å². The van der Waals surface area contributed by atoms with Gasteiger partial charge in [-0.2, -0.15) is 0 Å². The summed E-state index contributed by atoms with van der Waals surface area (Å²) in [4.78, 5) is 0. The van der Waals surface area contributed by atoms with Crippen LogP contribution in [-0.2, 0) is 46.9 Å². The molecular formula is C10H19O3Y-. The van der Waals surface area contributed by atoms with Crippen LogP contribution >= 0.6 is 0 Å². The van der Waals surface area contributed by atoms with Gasteiger partial charge in [-0.05, 0) is 6.42 Å². The van der Waals surface area contributed by atoms with E-state index in [-0.39, 0.29) is 51.2 Å². The molecule has 1 aliphatic rings. The van der Waals surface area contributed by atoms with Gasteiger partial charge in [0, 0.05) is 53.2 Å². The second kappa shape index (κ2) is 7.29. The van der Waals surface area contributed by atoms with Gasteiger partial charge >= 0.3 is 0 Å². The molecular weight excluding hydrogens is 257 g/mol. The topological polar surface area (TPSA) is 27.7 Å². The third-order valence-electron chi connectivity index (χ3n) is 2.56. The smallest absolute Gasteiger partial charge is 0.0809 e. The van der Waals surface area contributed by atoms with E-state index in [4.69, 9.17) is 14.2 Å². The van der Waals surface area contributed by atoms with Gasteiger partial charge in [-0.3, -0.25) is 6.42 Å². The Hall–Kier alpha value is 0.984. The average molecular weight is 276 g/mol. The summed E-state index contributed by atoms with van der Waals surface area (Å²) in [5.74, 6) is 0.383. The predicted octanol–water partition coefficient (Wildman–Crippen LogP) is 1.62. The van der Waals surface area contributed by atoms with Crippen LogP contribution in [0.25, 0.3) is 0 Å². The van der Waals surface area contributed by atoms with Crippen LogP contribution in [0.15, 0.2) is 0 Å². The molecule has 0 aliphatic carbocycles. The molecule has 1 aliphatic heterocycles. The fraction of sp³-hybridized carbons (Fsp3) is 0.900. The summed E-state index contributed by atoms with van der Waals surface area (Å²) in [5, 5.41) is 0. The molecule has 0 aromatic heterocycles. The number of hydrogen-bond acceptors (Lipinski definition) is 3. The Kier molecular flexibility index (Phi) is 7.80. The number of rotatable bonds is 3. The van der Waals surface area contributed by atoms with Gasteiger partial charge in [0.15, 0.2) is 0 Å². The molecule has 0 aromatic carbocycles. The summed E-state index contributed by atoms with van der Waals surface area (Å²) in [6.07, 6.45) is 3.13. The van der Waals surface area contributed by atoms with Crippen molar-refractivity contribution >= 4 is 0 Å². The SMILES string of the molecule is CCC1O[C@H](OC)[CH-][C@@H](C)[C@@H]1OC.[Y]. The first kappa shape index (κ1) is 15.0. The van der Waals surface area contributed by atoms with Crippen molar-refractivity contribution in [3.63, 3.8) is 0 Å². The van der Waals surface area contributed by atoms with Crippen LogP contribution in [0.2, 0.25) is 0 Å². The van der Waals surface area contributed by atoms with Crippen LogP contribution in [0.3, 0.4) is 0 Å². The molecule has 0 amide bonds. The Labute approximate surface area is 112 Å². The van der Waals surface area contributed by atoms with E-state index in [1.807, 2.05) is 6.42 Å². The van der Waals surface area contributed by atoms with Gasteiger partial charge in [0.05, 0.1) is 12.2 Å². The van der Waals surface area contributed by atoms with Gasteiger partial charge < -0.3 is 14.2 Å². The quantitative estimate of drug-likeness (QED) is 0.733. The zero-order valence-corrected chi connectivity index (χ0v) is 12.2. The molecule has 4 heteroatoms. The molecule has 1 fully saturated rings. The summed E-state index contributed by atoms with van der Waals surface area (Å²) in [7, 11) is 3.39. The number of ether oxygens (including phenoxy) is 3. The number of hydrogen-bond donors (Lipinski definition) is 0. The maximum atomic E-state index is 5.66. The van der Waals surface area contributed by atoms with Crippen molar-refractivity contribution in [2.75, 3.05) is 14.2 Å². The molecule has 1 saturated heterocycles. The van der Waals surface area contributed by atoms with Crippen molar-refractivity contribution in [1.29, 1.82) is 0 Å². The Morgan fingerprint density at radius 3 is 2.36 bits per heavy atom. The molecule has 1 radical (unpaired) electrons. The monoisotopic (exact) mass is 276 g/mol. The molecule has 14 heavy (non-hydrogen) atoms. The molecule has 0 spiro atoms. The van der Waals surface area contributed by atoms with Gasteiger partial charge in [-0.25, -0.2) is 0 Å². The third-order valence-corrected chi connectivity index (χ3v) is 2.56. The second-order valence-electron chi connectivity index (χ2n) is 3.44. The first-order chi connectivity index (χ1) is 6.22. The second-order valence-corrected chi connectivity index (χ2v) is 3.44. The molecule has 1 rings (SSSR count). The Bertz CT molecular complexity index is 154. The Morgan fingerprint density at radius 2 is 1.93 bits per heavy atom. The summed E-state index contributed by atoms with van der Waals surface area (Å²) < 4.78 is 16.2. The van der Waals surface area contributed by atoms with E-state index in [9.17, 15) is 0 Å². The Balaban J connectivity index is 0.00000169. The minimum absolute atomic E-state index is 0. The zero-order valence-electron chi connectivity index (χ0n) is 9.40. The average Bonchev–Trinajstić information content (AvgIpc) is 2.16. The van der Waals surface area contributed by atoms with Gasteiger partial charge in [-0.1, -0.05) is 13.8 Å². The van der Waals surface area contributed by atoms with Crippen LogP contribution in [0, 0.1) is 12.3 Å². The molecule has 1 unspecified atom stereocenters. The van der Waals surface area contributed by atoms with Gasteiger partial charge in [-0.15, -0.1) is 5.92 Å². The normalized spacial score (nSPS) is 37.7. The molecule has 4 atom stereocenters. The molecule has 3 nitrogen and oxygen atoms in total. The molecule has 0 bridgehead atoms. The maximum absolute atomic E-state index is 5.66.